The highest BCUT2D eigenvalue weighted by Gasteiger charge is 2.14. The average Bonchev–Trinajstić information content (AvgIpc) is 2.49. The second-order valence-corrected chi connectivity index (χ2v) is 5.40. The highest BCUT2D eigenvalue weighted by Crippen LogP contribution is 2.38. The summed E-state index contributed by atoms with van der Waals surface area (Å²) in [6.07, 6.45) is 0. The van der Waals surface area contributed by atoms with Crippen molar-refractivity contribution in [2.45, 2.75) is 20.4 Å². The molecule has 0 heterocycles. The minimum Gasteiger partial charge on any atom is -0.493 e. The Morgan fingerprint density at radius 3 is 2.00 bits per heavy atom. The predicted molar refractivity (Wildman–Crippen MR) is 85.2 cm³/mol. The number of hydrogen-bond donors (Lipinski definition) is 2. The van der Waals surface area contributed by atoms with Gasteiger partial charge in [-0.3, -0.25) is 0 Å². The Labute approximate surface area is 127 Å². The molecule has 0 radical (unpaired) electrons. The third-order valence-electron chi connectivity index (χ3n) is 3.71. The molecule has 0 amide bonds. The lowest BCUT2D eigenvalue weighted by Gasteiger charge is -2.20. The summed E-state index contributed by atoms with van der Waals surface area (Å²) in [7, 11) is 4.85. The molecule has 1 atom stereocenters. The molecular weight excluding hydrogens is 268 g/mol. The first-order chi connectivity index (χ1) is 10.1. The lowest BCUT2D eigenvalue weighted by atomic mass is 9.96. The lowest BCUT2D eigenvalue weighted by molar-refractivity contribution is 0.323. The van der Waals surface area contributed by atoms with Gasteiger partial charge in [-0.25, -0.2) is 0 Å². The number of benzene rings is 1. The number of rotatable bonds is 9. The van der Waals surface area contributed by atoms with E-state index in [0.29, 0.717) is 35.6 Å². The van der Waals surface area contributed by atoms with Crippen LogP contribution in [0.4, 0.5) is 0 Å². The molecule has 0 aliphatic carbocycles. The van der Waals surface area contributed by atoms with Crippen LogP contribution in [-0.2, 0) is 6.54 Å². The van der Waals surface area contributed by atoms with Crippen LogP contribution in [0.25, 0.3) is 0 Å². The maximum absolute atomic E-state index is 5.79. The first-order valence-corrected chi connectivity index (χ1v) is 7.27. The molecule has 3 N–H and O–H groups in total. The largest absolute Gasteiger partial charge is 0.493 e. The fraction of sp³-hybridized carbons (Fsp3) is 0.625. The molecular formula is C16H28N2O3. The molecule has 1 rings (SSSR count). The Bertz CT molecular complexity index is 411. The van der Waals surface area contributed by atoms with Crippen molar-refractivity contribution in [3.63, 3.8) is 0 Å². The van der Waals surface area contributed by atoms with Gasteiger partial charge in [-0.15, -0.1) is 0 Å². The summed E-state index contributed by atoms with van der Waals surface area (Å²) in [5.74, 6) is 3.01. The molecule has 0 aliphatic rings. The number of methoxy groups -OCH3 is 3. The van der Waals surface area contributed by atoms with Crippen molar-refractivity contribution in [2.24, 2.45) is 17.6 Å². The lowest BCUT2D eigenvalue weighted by Crippen LogP contribution is -2.31. The Kier molecular flexibility index (Phi) is 7.32. The second-order valence-electron chi connectivity index (χ2n) is 5.40. The third-order valence-corrected chi connectivity index (χ3v) is 3.71. The van der Waals surface area contributed by atoms with Gasteiger partial charge in [0, 0.05) is 6.54 Å². The molecule has 5 nitrogen and oxygen atoms in total. The van der Waals surface area contributed by atoms with Crippen LogP contribution in [0.15, 0.2) is 12.1 Å². The molecule has 0 aromatic heterocycles. The molecule has 0 spiro atoms. The van der Waals surface area contributed by atoms with Crippen molar-refractivity contribution in [1.29, 1.82) is 0 Å². The summed E-state index contributed by atoms with van der Waals surface area (Å²) in [6.45, 7) is 6.71. The van der Waals surface area contributed by atoms with Crippen molar-refractivity contribution < 1.29 is 14.2 Å². The minimum atomic E-state index is 0.479. The first kappa shape index (κ1) is 17.6. The monoisotopic (exact) mass is 296 g/mol. The van der Waals surface area contributed by atoms with E-state index >= 15 is 0 Å². The SMILES string of the molecule is COc1cc(CNCC(CN)C(C)C)cc(OC)c1OC. The van der Waals surface area contributed by atoms with Gasteiger partial charge in [0.05, 0.1) is 21.3 Å². The van der Waals surface area contributed by atoms with Crippen LogP contribution in [0, 0.1) is 11.8 Å². The van der Waals surface area contributed by atoms with Crippen LogP contribution >= 0.6 is 0 Å². The van der Waals surface area contributed by atoms with Gasteiger partial charge in [-0.05, 0) is 42.6 Å². The topological polar surface area (TPSA) is 65.7 Å². The smallest absolute Gasteiger partial charge is 0.203 e. The summed E-state index contributed by atoms with van der Waals surface area (Å²) in [5, 5.41) is 3.44. The second kappa shape index (κ2) is 8.74. The minimum absolute atomic E-state index is 0.479. The van der Waals surface area contributed by atoms with E-state index in [1.807, 2.05) is 12.1 Å². The van der Waals surface area contributed by atoms with E-state index < -0.39 is 0 Å². The Hall–Kier alpha value is -1.46. The summed E-state index contributed by atoms with van der Waals surface area (Å²) >= 11 is 0. The van der Waals surface area contributed by atoms with Gasteiger partial charge in [-0.1, -0.05) is 13.8 Å². The molecule has 5 heteroatoms. The maximum atomic E-state index is 5.79. The number of ether oxygens (including phenoxy) is 3. The van der Waals surface area contributed by atoms with Gasteiger partial charge in [0.2, 0.25) is 5.75 Å². The van der Waals surface area contributed by atoms with Gasteiger partial charge >= 0.3 is 0 Å². The van der Waals surface area contributed by atoms with Crippen LogP contribution in [0.1, 0.15) is 19.4 Å². The standard InChI is InChI=1S/C16H28N2O3/c1-11(2)13(8-17)10-18-9-12-6-14(19-3)16(21-5)15(7-12)20-4/h6-7,11,13,18H,8-10,17H2,1-5H3. The summed E-state index contributed by atoms with van der Waals surface area (Å²) in [5.41, 5.74) is 6.87. The fourth-order valence-corrected chi connectivity index (χ4v) is 2.23. The molecule has 120 valence electrons. The summed E-state index contributed by atoms with van der Waals surface area (Å²) < 4.78 is 16.0. The van der Waals surface area contributed by atoms with E-state index in [2.05, 4.69) is 19.2 Å². The van der Waals surface area contributed by atoms with Gasteiger partial charge in [0.1, 0.15) is 0 Å². The van der Waals surface area contributed by atoms with E-state index in [1.54, 1.807) is 21.3 Å². The van der Waals surface area contributed by atoms with Crippen LogP contribution in [-0.4, -0.2) is 34.4 Å². The van der Waals surface area contributed by atoms with E-state index in [-0.39, 0.29) is 0 Å². The van der Waals surface area contributed by atoms with Crippen LogP contribution in [0.3, 0.4) is 0 Å². The van der Waals surface area contributed by atoms with Crippen LogP contribution in [0.2, 0.25) is 0 Å². The van der Waals surface area contributed by atoms with Crippen LogP contribution in [0.5, 0.6) is 17.2 Å². The fourth-order valence-electron chi connectivity index (χ4n) is 2.23. The predicted octanol–water partition coefficient (Wildman–Crippen LogP) is 2.03. The van der Waals surface area contributed by atoms with Crippen molar-refractivity contribution in [3.8, 4) is 17.2 Å². The van der Waals surface area contributed by atoms with Gasteiger partial charge in [0.15, 0.2) is 11.5 Å². The Morgan fingerprint density at radius 2 is 1.62 bits per heavy atom. The van der Waals surface area contributed by atoms with Crippen molar-refractivity contribution in [3.05, 3.63) is 17.7 Å². The number of nitrogens with one attached hydrogen (secondary N) is 1. The Morgan fingerprint density at radius 1 is 1.05 bits per heavy atom. The molecule has 0 aliphatic heterocycles. The van der Waals surface area contributed by atoms with E-state index in [1.165, 1.54) is 0 Å². The number of hydrogen-bond acceptors (Lipinski definition) is 5. The Balaban J connectivity index is 2.75. The molecule has 1 unspecified atom stereocenters. The van der Waals surface area contributed by atoms with E-state index in [4.69, 9.17) is 19.9 Å². The molecule has 0 bridgehead atoms. The highest BCUT2D eigenvalue weighted by atomic mass is 16.5. The molecule has 0 fully saturated rings. The zero-order valence-electron chi connectivity index (χ0n) is 13.7. The van der Waals surface area contributed by atoms with Gasteiger partial charge in [-0.2, -0.15) is 0 Å². The van der Waals surface area contributed by atoms with E-state index in [9.17, 15) is 0 Å². The van der Waals surface area contributed by atoms with Crippen molar-refractivity contribution in [2.75, 3.05) is 34.4 Å². The third kappa shape index (κ3) is 4.79. The molecule has 21 heavy (non-hydrogen) atoms. The van der Waals surface area contributed by atoms with Crippen molar-refractivity contribution in [1.82, 2.24) is 5.32 Å². The zero-order valence-corrected chi connectivity index (χ0v) is 13.7. The molecule has 1 aromatic rings. The number of nitrogens with two attached hydrogens (primary N) is 1. The first-order valence-electron chi connectivity index (χ1n) is 7.27. The highest BCUT2D eigenvalue weighted by molar-refractivity contribution is 5.53. The molecule has 0 saturated heterocycles. The van der Waals surface area contributed by atoms with Crippen LogP contribution < -0.4 is 25.3 Å². The van der Waals surface area contributed by atoms with E-state index in [0.717, 1.165) is 18.7 Å². The van der Waals surface area contributed by atoms with Gasteiger partial charge in [0.25, 0.3) is 0 Å². The average molecular weight is 296 g/mol. The summed E-state index contributed by atoms with van der Waals surface area (Å²) in [6, 6.07) is 3.92. The normalized spacial score (nSPS) is 12.3. The van der Waals surface area contributed by atoms with Crippen molar-refractivity contribution >= 4 is 0 Å². The van der Waals surface area contributed by atoms with Gasteiger partial charge < -0.3 is 25.3 Å². The maximum Gasteiger partial charge on any atom is 0.203 e. The quantitative estimate of drug-likeness (QED) is 0.730. The molecule has 1 aromatic carbocycles. The summed E-state index contributed by atoms with van der Waals surface area (Å²) in [4.78, 5) is 0. The zero-order chi connectivity index (χ0) is 15.8. The molecule has 0 saturated carbocycles.